The highest BCUT2D eigenvalue weighted by Crippen LogP contribution is 2.39. The molecule has 2 unspecified atom stereocenters. The van der Waals surface area contributed by atoms with Gasteiger partial charge in [0.25, 0.3) is 0 Å². The van der Waals surface area contributed by atoms with Crippen molar-refractivity contribution in [3.05, 3.63) is 184 Å². The molecule has 0 aliphatic heterocycles. The Morgan fingerprint density at radius 3 is 1.27 bits per heavy atom. The lowest BCUT2D eigenvalue weighted by Crippen LogP contribution is -2.52. The maximum Gasteiger partial charge on any atom is 0.213 e. The average molecular weight is 979 g/mol. The number of hydrogen-bond acceptors (Lipinski definition) is 9. The first-order chi connectivity index (χ1) is 33.5. The molecule has 0 heterocycles. The van der Waals surface area contributed by atoms with Crippen LogP contribution in [0.5, 0.6) is 28.7 Å². The van der Waals surface area contributed by atoms with Crippen molar-refractivity contribution in [1.29, 1.82) is 21.0 Å². The molecule has 71 heavy (non-hydrogen) atoms. The fourth-order valence-corrected chi connectivity index (χ4v) is 18.3. The molecule has 0 saturated carbocycles. The summed E-state index contributed by atoms with van der Waals surface area (Å²) in [6.45, 7) is 26.3. The first-order valence-corrected chi connectivity index (χ1v) is 30.4. The van der Waals surface area contributed by atoms with Crippen LogP contribution in [0.3, 0.4) is 0 Å². The van der Waals surface area contributed by atoms with Crippen LogP contribution in [-0.2, 0) is 20.5 Å². The Bertz CT molecular complexity index is 3000. The number of nitriles is 4. The maximum absolute atomic E-state index is 9.60. The third kappa shape index (κ3) is 12.8. The Hall–Kier alpha value is -7.13. The highest BCUT2D eigenvalue weighted by Gasteiger charge is 2.41. The van der Waals surface area contributed by atoms with Crippen LogP contribution in [-0.4, -0.2) is 28.5 Å². The second-order valence-corrected chi connectivity index (χ2v) is 29.5. The zero-order chi connectivity index (χ0) is 51.8. The minimum atomic E-state index is -2.26. The summed E-state index contributed by atoms with van der Waals surface area (Å²) in [5, 5.41) is 37.6. The van der Waals surface area contributed by atoms with Crippen molar-refractivity contribution in [2.45, 2.75) is 122 Å². The molecule has 6 aromatic carbocycles. The Morgan fingerprint density at radius 2 is 0.817 bits per heavy atom. The van der Waals surface area contributed by atoms with Crippen molar-refractivity contribution in [3.8, 4) is 53.0 Å². The Kier molecular flexibility index (Phi) is 16.1. The van der Waals surface area contributed by atoms with E-state index in [-0.39, 0.29) is 16.4 Å². The second kappa shape index (κ2) is 21.5. The van der Waals surface area contributed by atoms with Gasteiger partial charge < -0.3 is 23.1 Å². The first-order valence-electron chi connectivity index (χ1n) is 24.2. The predicted molar refractivity (Wildman–Crippen MR) is 286 cm³/mol. The van der Waals surface area contributed by atoms with Gasteiger partial charge in [0.05, 0.1) is 22.3 Å². The lowest BCUT2D eigenvalue weighted by atomic mass is 9.78. The number of rotatable bonds is 20. The molecular weight excluding hydrogens is 913 g/mol. The van der Waals surface area contributed by atoms with Gasteiger partial charge >= 0.3 is 0 Å². The number of hydrogen-bond donors (Lipinski definition) is 0. The molecule has 9 nitrogen and oxygen atoms in total. The molecule has 11 heteroatoms. The van der Waals surface area contributed by atoms with E-state index < -0.39 is 27.8 Å². The number of benzene rings is 6. The Balaban J connectivity index is 1.02. The van der Waals surface area contributed by atoms with Gasteiger partial charge in [0.15, 0.2) is 8.32 Å². The van der Waals surface area contributed by atoms with E-state index in [0.29, 0.717) is 40.8 Å². The summed E-state index contributed by atoms with van der Waals surface area (Å²) in [6.07, 6.45) is 2.04. The Labute approximate surface area is 424 Å². The number of nitrogens with zero attached hydrogens (tertiary/aromatic N) is 4. The molecule has 0 radical (unpaired) electrons. The normalized spacial score (nSPS) is 13.5. The van der Waals surface area contributed by atoms with E-state index in [1.165, 1.54) is 0 Å². The zero-order valence-corrected chi connectivity index (χ0v) is 45.4. The summed E-state index contributed by atoms with van der Waals surface area (Å²) >= 11 is 0. The third-order valence-electron chi connectivity index (χ3n) is 13.7. The van der Waals surface area contributed by atoms with Crippen molar-refractivity contribution < 1.29 is 23.1 Å². The van der Waals surface area contributed by atoms with Gasteiger partial charge in [0.1, 0.15) is 70.5 Å². The maximum atomic E-state index is 9.60. The molecular formula is C60H66N4O5Si2. The molecule has 2 atom stereocenters. The monoisotopic (exact) mass is 978 g/mol. The zero-order valence-electron chi connectivity index (χ0n) is 43.4. The quantitative estimate of drug-likeness (QED) is 0.0683. The summed E-state index contributed by atoms with van der Waals surface area (Å²) < 4.78 is 32.9. The predicted octanol–water partition coefficient (Wildman–Crippen LogP) is 14.9. The molecule has 0 spiro atoms. The third-order valence-corrected chi connectivity index (χ3v) is 20.6. The molecule has 0 N–H and O–H groups in total. The molecule has 0 amide bonds. The van der Waals surface area contributed by atoms with E-state index in [0.717, 1.165) is 57.5 Å². The van der Waals surface area contributed by atoms with Crippen LogP contribution in [0, 0.1) is 45.3 Å². The van der Waals surface area contributed by atoms with E-state index in [1.54, 1.807) is 30.3 Å². The van der Waals surface area contributed by atoms with Crippen molar-refractivity contribution in [3.63, 3.8) is 0 Å². The van der Waals surface area contributed by atoms with Gasteiger partial charge in [0.2, 0.25) is 8.32 Å². The van der Waals surface area contributed by atoms with Crippen molar-refractivity contribution in [2.75, 3.05) is 6.23 Å². The molecule has 6 rings (SSSR count). The smallest absolute Gasteiger partial charge is 0.213 e. The van der Waals surface area contributed by atoms with E-state index in [2.05, 4.69) is 159 Å². The second-order valence-electron chi connectivity index (χ2n) is 21.0. The van der Waals surface area contributed by atoms with Crippen LogP contribution >= 0.6 is 0 Å². The van der Waals surface area contributed by atoms with Crippen LogP contribution in [0.2, 0.25) is 32.2 Å². The summed E-state index contributed by atoms with van der Waals surface area (Å²) in [4.78, 5) is 0. The molecule has 364 valence electrons. The standard InChI is InChI=1S/C60H66N4O5Si2/c1-13-59(7,67-54-31-22-49(23-32-54)58(5,6)48-20-29-53(30-21-48)66-56-26-16-44(38-62)46(36-56)40-64)41-70(9,10)69-71(11,12)42-65-52-27-18-47(19-28-52)57(3,4)50-24-33-55(34-25-50)68-60(8,14-2)51-17-15-43(37-61)45(35-51)39-63/h15-36H,13-14,41-42H2,1-12H3. The molecule has 6 aromatic rings. The lowest BCUT2D eigenvalue weighted by molar-refractivity contribution is 0.0825. The van der Waals surface area contributed by atoms with Gasteiger partial charge in [-0.1, -0.05) is 96.1 Å². The van der Waals surface area contributed by atoms with Crippen LogP contribution < -0.4 is 18.9 Å². The minimum absolute atomic E-state index is 0.284. The molecule has 0 aromatic heterocycles. The molecule has 0 fully saturated rings. The minimum Gasteiger partial charge on any atom is -0.494 e. The fraction of sp³-hybridized carbons (Fsp3) is 0.333. The van der Waals surface area contributed by atoms with Crippen molar-refractivity contribution in [2.24, 2.45) is 0 Å². The first kappa shape index (κ1) is 53.2. The summed E-state index contributed by atoms with van der Waals surface area (Å²) in [5.41, 5.74) is 5.06. The Morgan fingerprint density at radius 1 is 0.423 bits per heavy atom. The molecule has 0 saturated heterocycles. The molecule has 0 bridgehead atoms. The van der Waals surface area contributed by atoms with E-state index in [1.807, 2.05) is 50.2 Å². The van der Waals surface area contributed by atoms with Gasteiger partial charge in [-0.2, -0.15) is 21.0 Å². The van der Waals surface area contributed by atoms with Gasteiger partial charge in [-0.3, -0.25) is 0 Å². The SMILES string of the molecule is CCC(C)(C[Si](C)(C)O[Si](C)(C)COc1ccc(C(C)(C)c2ccc(OC(C)(CC)c3ccc(C#N)c(C#N)c3)cc2)cc1)Oc1ccc(C(C)(C)c2ccc(Oc3ccc(C#N)c(C#N)c3)cc2)cc1. The van der Waals surface area contributed by atoms with Gasteiger partial charge in [0, 0.05) is 16.9 Å². The fourth-order valence-electron chi connectivity index (χ4n) is 9.18. The van der Waals surface area contributed by atoms with Gasteiger partial charge in [-0.15, -0.1) is 0 Å². The van der Waals surface area contributed by atoms with E-state index in [4.69, 9.17) is 23.1 Å². The topological polar surface area (TPSA) is 141 Å². The van der Waals surface area contributed by atoms with Crippen molar-refractivity contribution >= 4 is 16.6 Å². The highest BCUT2D eigenvalue weighted by atomic mass is 28.4. The largest absolute Gasteiger partial charge is 0.494 e. The van der Waals surface area contributed by atoms with Crippen LogP contribution in [0.4, 0.5) is 0 Å². The van der Waals surface area contributed by atoms with Crippen LogP contribution in [0.25, 0.3) is 0 Å². The highest BCUT2D eigenvalue weighted by molar-refractivity contribution is 6.85. The number of ether oxygens (including phenoxy) is 4. The average Bonchev–Trinajstić information content (AvgIpc) is 3.35. The van der Waals surface area contributed by atoms with E-state index in [9.17, 15) is 21.0 Å². The lowest BCUT2D eigenvalue weighted by Gasteiger charge is -2.40. The van der Waals surface area contributed by atoms with Gasteiger partial charge in [-0.25, -0.2) is 0 Å². The van der Waals surface area contributed by atoms with Gasteiger partial charge in [-0.05, 0) is 160 Å². The molecule has 0 aliphatic carbocycles. The summed E-state index contributed by atoms with van der Waals surface area (Å²) in [6, 6.07) is 52.3. The van der Waals surface area contributed by atoms with E-state index >= 15 is 0 Å². The summed E-state index contributed by atoms with van der Waals surface area (Å²) in [7, 11) is -4.50. The van der Waals surface area contributed by atoms with Crippen molar-refractivity contribution in [1.82, 2.24) is 0 Å². The summed E-state index contributed by atoms with van der Waals surface area (Å²) in [5.74, 6) is 3.51. The van der Waals surface area contributed by atoms with Crippen LogP contribution in [0.1, 0.15) is 118 Å². The molecule has 0 aliphatic rings. The van der Waals surface area contributed by atoms with Crippen LogP contribution in [0.15, 0.2) is 133 Å².